The summed E-state index contributed by atoms with van der Waals surface area (Å²) in [6.07, 6.45) is 0.443. The highest BCUT2D eigenvalue weighted by Crippen LogP contribution is 2.57. The number of methoxy groups -OCH3 is 3. The molecular formula is C29H27ClN2O7. The highest BCUT2D eigenvalue weighted by atomic mass is 35.5. The zero-order valence-electron chi connectivity index (χ0n) is 22.1. The number of amides is 1. The van der Waals surface area contributed by atoms with Crippen molar-refractivity contribution in [1.82, 2.24) is 0 Å². The highest BCUT2D eigenvalue weighted by molar-refractivity contribution is 6.31. The predicted molar refractivity (Wildman–Crippen MR) is 143 cm³/mol. The molecule has 2 heterocycles. The third-order valence-corrected chi connectivity index (χ3v) is 7.61. The van der Waals surface area contributed by atoms with E-state index in [1.165, 1.54) is 7.11 Å². The van der Waals surface area contributed by atoms with Crippen molar-refractivity contribution in [3.05, 3.63) is 75.5 Å². The number of ketones is 1. The molecule has 5 rings (SSSR count). The van der Waals surface area contributed by atoms with Gasteiger partial charge in [-0.05, 0) is 54.3 Å². The number of fused-ring (bicyclic) bond motifs is 2. The Morgan fingerprint density at radius 3 is 2.23 bits per heavy atom. The van der Waals surface area contributed by atoms with Gasteiger partial charge in [0.2, 0.25) is 0 Å². The van der Waals surface area contributed by atoms with Crippen molar-refractivity contribution < 1.29 is 33.4 Å². The lowest BCUT2D eigenvalue weighted by Crippen LogP contribution is -2.58. The number of allylic oxidation sites excluding steroid dienone is 1. The number of esters is 2. The topological polar surface area (TPSA) is 111 Å². The first-order chi connectivity index (χ1) is 18.5. The fourth-order valence-corrected chi connectivity index (χ4v) is 6.02. The Bertz CT molecular complexity index is 1510. The molecule has 3 aliphatic rings. The molecule has 1 N–H and O–H groups in total. The molecule has 10 heteroatoms. The van der Waals surface area contributed by atoms with Crippen molar-refractivity contribution in [1.29, 1.82) is 0 Å². The van der Waals surface area contributed by atoms with Crippen LogP contribution in [-0.2, 0) is 34.2 Å². The van der Waals surface area contributed by atoms with Gasteiger partial charge >= 0.3 is 11.9 Å². The summed E-state index contributed by atoms with van der Waals surface area (Å²) < 4.78 is 15.6. The molecule has 0 fully saturated rings. The van der Waals surface area contributed by atoms with Gasteiger partial charge in [0.25, 0.3) is 5.91 Å². The number of carbonyl (C=O) groups excluding carboxylic acids is 4. The van der Waals surface area contributed by atoms with E-state index in [0.29, 0.717) is 39.8 Å². The van der Waals surface area contributed by atoms with Gasteiger partial charge in [0.05, 0.1) is 38.0 Å². The molecule has 0 bridgehead atoms. The standard InChI is InChI=1S/C29H27ClN2O7/c1-28(2)13-20-22(21(33)14-28)23(25(34)38-4)24(26(35)39-5)29(32(20)16-7-9-17(37-3)10-8-16)18-12-15(30)6-11-19(18)31-27(29)36/h6-12H,13-14H2,1-5H3,(H,31,36). The molecule has 2 aliphatic heterocycles. The van der Waals surface area contributed by atoms with Crippen molar-refractivity contribution in [2.75, 3.05) is 31.5 Å². The molecule has 9 nitrogen and oxygen atoms in total. The predicted octanol–water partition coefficient (Wildman–Crippen LogP) is 4.30. The lowest BCUT2D eigenvalue weighted by Gasteiger charge is -2.50. The summed E-state index contributed by atoms with van der Waals surface area (Å²) in [6.45, 7) is 3.87. The Morgan fingerprint density at radius 1 is 0.949 bits per heavy atom. The average molecular weight is 551 g/mol. The number of nitrogens with one attached hydrogen (secondary N) is 1. The number of carbonyl (C=O) groups is 4. The molecule has 1 spiro atoms. The van der Waals surface area contributed by atoms with E-state index in [2.05, 4.69) is 5.32 Å². The summed E-state index contributed by atoms with van der Waals surface area (Å²) in [5, 5.41) is 3.16. The van der Waals surface area contributed by atoms with Crippen molar-refractivity contribution in [2.45, 2.75) is 32.2 Å². The van der Waals surface area contributed by atoms with Crippen LogP contribution in [0.25, 0.3) is 0 Å². The van der Waals surface area contributed by atoms with Gasteiger partial charge in [-0.25, -0.2) is 9.59 Å². The van der Waals surface area contributed by atoms with Gasteiger partial charge in [-0.15, -0.1) is 0 Å². The molecule has 2 aromatic rings. The summed E-state index contributed by atoms with van der Waals surface area (Å²) in [5.74, 6) is -2.27. The molecule has 0 saturated heterocycles. The molecule has 1 aliphatic carbocycles. The minimum Gasteiger partial charge on any atom is -0.497 e. The lowest BCUT2D eigenvalue weighted by molar-refractivity contribution is -0.141. The largest absolute Gasteiger partial charge is 0.497 e. The van der Waals surface area contributed by atoms with Crippen LogP contribution in [0.15, 0.2) is 64.9 Å². The third-order valence-electron chi connectivity index (χ3n) is 7.38. The zero-order chi connectivity index (χ0) is 28.3. The van der Waals surface area contributed by atoms with Crippen molar-refractivity contribution >= 4 is 46.6 Å². The number of nitrogens with zero attached hydrogens (tertiary/aromatic N) is 1. The van der Waals surface area contributed by atoms with Gasteiger partial charge in [0.15, 0.2) is 11.3 Å². The van der Waals surface area contributed by atoms with Gasteiger partial charge in [0.1, 0.15) is 5.75 Å². The van der Waals surface area contributed by atoms with Crippen molar-refractivity contribution in [3.8, 4) is 5.75 Å². The second kappa shape index (κ2) is 9.27. The van der Waals surface area contributed by atoms with E-state index in [1.54, 1.807) is 47.4 Å². The first-order valence-corrected chi connectivity index (χ1v) is 12.6. The second-order valence-corrected chi connectivity index (χ2v) is 10.8. The van der Waals surface area contributed by atoms with Crippen LogP contribution >= 0.6 is 11.6 Å². The maximum Gasteiger partial charge on any atom is 0.339 e. The van der Waals surface area contributed by atoms with Crippen LogP contribution < -0.4 is 15.0 Å². The van der Waals surface area contributed by atoms with Crippen LogP contribution in [0.1, 0.15) is 32.3 Å². The monoisotopic (exact) mass is 550 g/mol. The van der Waals surface area contributed by atoms with Gasteiger partial charge in [0, 0.05) is 34.1 Å². The summed E-state index contributed by atoms with van der Waals surface area (Å²) >= 11 is 6.44. The Balaban J connectivity index is 2.00. The molecule has 1 atom stereocenters. The fraction of sp³-hybridized carbons (Fsp3) is 0.310. The lowest BCUT2D eigenvalue weighted by atomic mass is 9.66. The van der Waals surface area contributed by atoms with E-state index in [0.717, 1.165) is 14.2 Å². The number of benzene rings is 2. The van der Waals surface area contributed by atoms with Crippen molar-refractivity contribution in [2.24, 2.45) is 5.41 Å². The Kier molecular flexibility index (Phi) is 6.30. The number of hydrogen-bond acceptors (Lipinski definition) is 8. The van der Waals surface area contributed by atoms with Crippen molar-refractivity contribution in [3.63, 3.8) is 0 Å². The number of ether oxygens (including phenoxy) is 3. The van der Waals surface area contributed by atoms with E-state index < -0.39 is 28.8 Å². The van der Waals surface area contributed by atoms with Gasteiger partial charge in [-0.2, -0.15) is 0 Å². The summed E-state index contributed by atoms with van der Waals surface area (Å²) in [7, 11) is 3.84. The van der Waals surface area contributed by atoms with Gasteiger partial charge < -0.3 is 24.4 Å². The molecule has 0 radical (unpaired) electrons. The quantitative estimate of drug-likeness (QED) is 0.561. The zero-order valence-corrected chi connectivity index (χ0v) is 22.9. The number of halogens is 1. The molecule has 2 aromatic carbocycles. The number of anilines is 2. The van der Waals surface area contributed by atoms with Crippen LogP contribution in [0.4, 0.5) is 11.4 Å². The minimum atomic E-state index is -1.95. The second-order valence-electron chi connectivity index (χ2n) is 10.4. The van der Waals surface area contributed by atoms with Gasteiger partial charge in [-0.3, -0.25) is 9.59 Å². The smallest absolute Gasteiger partial charge is 0.339 e. The normalized spacial score (nSPS) is 21.4. The summed E-state index contributed by atoms with van der Waals surface area (Å²) in [5.41, 5.74) is -1.40. The Labute approximate surface area is 230 Å². The number of hydrogen-bond donors (Lipinski definition) is 1. The van der Waals surface area contributed by atoms with E-state index in [-0.39, 0.29) is 28.9 Å². The van der Waals surface area contributed by atoms with E-state index >= 15 is 0 Å². The maximum absolute atomic E-state index is 14.3. The van der Waals surface area contributed by atoms with Crippen LogP contribution in [-0.4, -0.2) is 45.0 Å². The van der Waals surface area contributed by atoms with E-state index in [4.69, 9.17) is 25.8 Å². The molecule has 39 heavy (non-hydrogen) atoms. The molecule has 1 unspecified atom stereocenters. The van der Waals surface area contributed by atoms with Gasteiger partial charge in [-0.1, -0.05) is 25.4 Å². The maximum atomic E-state index is 14.3. The molecule has 202 valence electrons. The number of Topliss-reactive ketones (excluding diaryl/α,β-unsaturated/α-hetero) is 1. The van der Waals surface area contributed by atoms with E-state index in [1.807, 2.05) is 13.8 Å². The molecule has 0 aromatic heterocycles. The van der Waals surface area contributed by atoms with Crippen LogP contribution in [0.2, 0.25) is 5.02 Å². The minimum absolute atomic E-state index is 0.0336. The fourth-order valence-electron chi connectivity index (χ4n) is 5.85. The average Bonchev–Trinajstić information content (AvgIpc) is 3.17. The van der Waals surface area contributed by atoms with Crippen LogP contribution in [0.5, 0.6) is 5.75 Å². The Morgan fingerprint density at radius 2 is 1.62 bits per heavy atom. The summed E-state index contributed by atoms with van der Waals surface area (Å²) in [6, 6.07) is 11.7. The first-order valence-electron chi connectivity index (χ1n) is 12.2. The molecule has 0 saturated carbocycles. The number of rotatable bonds is 4. The summed E-state index contributed by atoms with van der Waals surface area (Å²) in [4.78, 5) is 56.9. The Hall–Kier alpha value is -4.11. The van der Waals surface area contributed by atoms with E-state index in [9.17, 15) is 19.2 Å². The van der Waals surface area contributed by atoms with Crippen LogP contribution in [0, 0.1) is 5.41 Å². The SMILES string of the molecule is COC(=O)C1=C(C(=O)OC)C2(C(=O)Nc3ccc(Cl)cc32)N(c2ccc(OC)cc2)C2=C1C(=O)CC(C)(C)C2. The molecule has 1 amide bonds. The highest BCUT2D eigenvalue weighted by Gasteiger charge is 2.63. The van der Waals surface area contributed by atoms with Crippen LogP contribution in [0.3, 0.4) is 0 Å². The molecular weight excluding hydrogens is 524 g/mol. The first kappa shape index (κ1) is 26.5. The third kappa shape index (κ3) is 3.83.